The van der Waals surface area contributed by atoms with Gasteiger partial charge in [-0.05, 0) is 19.3 Å². The van der Waals surface area contributed by atoms with Gasteiger partial charge in [-0.2, -0.15) is 0 Å². The third kappa shape index (κ3) is 0.908. The number of thioether (sulfide) groups is 1. The highest BCUT2D eigenvalue weighted by Gasteiger charge is 2.30. The van der Waals surface area contributed by atoms with Gasteiger partial charge in [-0.25, -0.2) is 0 Å². The SMILES string of the molecule is O=CC1=CCC2CCC1S2. The molecule has 2 rings (SSSR count). The fourth-order valence-corrected chi connectivity index (χ4v) is 3.17. The fourth-order valence-electron chi connectivity index (χ4n) is 1.65. The molecule has 0 amide bonds. The molecule has 2 unspecified atom stereocenters. The highest BCUT2D eigenvalue weighted by Crippen LogP contribution is 2.42. The maximum absolute atomic E-state index is 10.5. The molecule has 0 aromatic rings. The van der Waals surface area contributed by atoms with E-state index in [0.717, 1.165) is 23.5 Å². The van der Waals surface area contributed by atoms with Crippen LogP contribution >= 0.6 is 11.8 Å². The van der Waals surface area contributed by atoms with Crippen molar-refractivity contribution >= 4 is 18.0 Å². The van der Waals surface area contributed by atoms with E-state index < -0.39 is 0 Å². The number of rotatable bonds is 1. The molecule has 10 heavy (non-hydrogen) atoms. The zero-order valence-electron chi connectivity index (χ0n) is 5.75. The van der Waals surface area contributed by atoms with E-state index in [4.69, 9.17) is 0 Å². The maximum atomic E-state index is 10.5. The highest BCUT2D eigenvalue weighted by molar-refractivity contribution is 8.01. The van der Waals surface area contributed by atoms with Crippen molar-refractivity contribution < 1.29 is 4.79 Å². The van der Waals surface area contributed by atoms with Crippen LogP contribution in [0.2, 0.25) is 0 Å². The molecular formula is C8H10OS. The molecule has 2 aliphatic rings. The Morgan fingerprint density at radius 3 is 3.30 bits per heavy atom. The van der Waals surface area contributed by atoms with E-state index in [9.17, 15) is 4.79 Å². The second kappa shape index (κ2) is 2.42. The Kier molecular flexibility index (Phi) is 1.57. The average molecular weight is 154 g/mol. The molecule has 0 radical (unpaired) electrons. The minimum atomic E-state index is 0.552. The van der Waals surface area contributed by atoms with Gasteiger partial charge < -0.3 is 0 Å². The van der Waals surface area contributed by atoms with Crippen LogP contribution in [-0.4, -0.2) is 16.8 Å². The van der Waals surface area contributed by atoms with Gasteiger partial charge in [-0.15, -0.1) is 11.8 Å². The van der Waals surface area contributed by atoms with Gasteiger partial charge in [0.2, 0.25) is 0 Å². The summed E-state index contributed by atoms with van der Waals surface area (Å²) in [6.07, 6.45) is 6.80. The standard InChI is InChI=1S/C8H10OS/c9-5-6-1-2-7-3-4-8(6)10-7/h1,5,7-8H,2-4H2. The highest BCUT2D eigenvalue weighted by atomic mass is 32.2. The molecule has 2 aliphatic heterocycles. The summed E-state index contributed by atoms with van der Waals surface area (Å²) in [5, 5.41) is 1.38. The fraction of sp³-hybridized carbons (Fsp3) is 0.625. The van der Waals surface area contributed by atoms with Gasteiger partial charge in [0, 0.05) is 16.1 Å². The van der Waals surface area contributed by atoms with E-state index in [0.29, 0.717) is 5.25 Å². The lowest BCUT2D eigenvalue weighted by Gasteiger charge is -2.15. The monoisotopic (exact) mass is 154 g/mol. The number of hydrogen-bond donors (Lipinski definition) is 0. The van der Waals surface area contributed by atoms with Crippen LogP contribution in [0.1, 0.15) is 19.3 Å². The minimum absolute atomic E-state index is 0.552. The molecule has 1 fully saturated rings. The van der Waals surface area contributed by atoms with E-state index in [1.54, 1.807) is 0 Å². The first-order chi connectivity index (χ1) is 4.90. The zero-order valence-corrected chi connectivity index (χ0v) is 6.56. The Bertz CT molecular complexity index is 186. The Labute approximate surface area is 64.9 Å². The van der Waals surface area contributed by atoms with Crippen molar-refractivity contribution in [1.82, 2.24) is 0 Å². The maximum Gasteiger partial charge on any atom is 0.146 e. The lowest BCUT2D eigenvalue weighted by molar-refractivity contribution is -0.105. The second-order valence-electron chi connectivity index (χ2n) is 2.88. The number of fused-ring (bicyclic) bond motifs is 2. The summed E-state index contributed by atoms with van der Waals surface area (Å²) in [7, 11) is 0. The van der Waals surface area contributed by atoms with Crippen LogP contribution in [0.15, 0.2) is 11.6 Å². The van der Waals surface area contributed by atoms with Crippen molar-refractivity contribution in [2.24, 2.45) is 0 Å². The van der Waals surface area contributed by atoms with Crippen molar-refractivity contribution in [3.8, 4) is 0 Å². The molecule has 2 heteroatoms. The summed E-state index contributed by atoms with van der Waals surface area (Å²) in [5.41, 5.74) is 1.04. The molecule has 0 saturated carbocycles. The average Bonchev–Trinajstić information content (AvgIpc) is 2.34. The van der Waals surface area contributed by atoms with Gasteiger partial charge in [0.15, 0.2) is 0 Å². The number of hydrogen-bond acceptors (Lipinski definition) is 2. The summed E-state index contributed by atoms with van der Waals surface area (Å²) >= 11 is 1.99. The molecule has 0 spiro atoms. The zero-order chi connectivity index (χ0) is 6.97. The van der Waals surface area contributed by atoms with Crippen LogP contribution in [0.25, 0.3) is 0 Å². The van der Waals surface area contributed by atoms with Gasteiger partial charge in [0.25, 0.3) is 0 Å². The topological polar surface area (TPSA) is 17.1 Å². The van der Waals surface area contributed by atoms with Crippen molar-refractivity contribution in [1.29, 1.82) is 0 Å². The normalized spacial score (nSPS) is 37.4. The van der Waals surface area contributed by atoms with Gasteiger partial charge in [-0.1, -0.05) is 6.08 Å². The van der Waals surface area contributed by atoms with Crippen LogP contribution < -0.4 is 0 Å². The molecule has 0 aromatic heterocycles. The molecule has 1 nitrogen and oxygen atoms in total. The van der Waals surface area contributed by atoms with E-state index in [2.05, 4.69) is 6.08 Å². The van der Waals surface area contributed by atoms with Crippen molar-refractivity contribution in [2.45, 2.75) is 29.8 Å². The Morgan fingerprint density at radius 1 is 1.60 bits per heavy atom. The van der Waals surface area contributed by atoms with E-state index >= 15 is 0 Å². The van der Waals surface area contributed by atoms with Crippen LogP contribution in [0.5, 0.6) is 0 Å². The van der Waals surface area contributed by atoms with Crippen molar-refractivity contribution in [3.05, 3.63) is 11.6 Å². The molecule has 0 aromatic carbocycles. The van der Waals surface area contributed by atoms with Crippen molar-refractivity contribution in [3.63, 3.8) is 0 Å². The van der Waals surface area contributed by atoms with E-state index in [-0.39, 0.29) is 0 Å². The summed E-state index contributed by atoms with van der Waals surface area (Å²) in [6.45, 7) is 0. The van der Waals surface area contributed by atoms with Crippen molar-refractivity contribution in [2.75, 3.05) is 0 Å². The smallest absolute Gasteiger partial charge is 0.146 e. The third-order valence-electron chi connectivity index (χ3n) is 2.23. The van der Waals surface area contributed by atoms with E-state index in [1.165, 1.54) is 12.8 Å². The molecule has 0 N–H and O–H groups in total. The molecular weight excluding hydrogens is 144 g/mol. The molecule has 2 atom stereocenters. The van der Waals surface area contributed by atoms with Gasteiger partial charge in [0.05, 0.1) is 0 Å². The van der Waals surface area contributed by atoms with Crippen LogP contribution in [0.4, 0.5) is 0 Å². The lowest BCUT2D eigenvalue weighted by Crippen LogP contribution is -2.08. The molecule has 54 valence electrons. The molecule has 1 saturated heterocycles. The largest absolute Gasteiger partial charge is 0.298 e. The number of carbonyl (C=O) groups excluding carboxylic acids is 1. The summed E-state index contributed by atoms with van der Waals surface area (Å²) in [5.74, 6) is 0. The summed E-state index contributed by atoms with van der Waals surface area (Å²) in [4.78, 5) is 10.5. The number of allylic oxidation sites excluding steroid dienone is 1. The molecule has 2 heterocycles. The van der Waals surface area contributed by atoms with Crippen LogP contribution in [0.3, 0.4) is 0 Å². The Morgan fingerprint density at radius 2 is 2.50 bits per heavy atom. The lowest BCUT2D eigenvalue weighted by atomic mass is 10.1. The predicted molar refractivity (Wildman–Crippen MR) is 43.2 cm³/mol. The first-order valence-corrected chi connectivity index (χ1v) is 4.65. The predicted octanol–water partition coefficient (Wildman–Crippen LogP) is 1.78. The van der Waals surface area contributed by atoms with Gasteiger partial charge >= 0.3 is 0 Å². The quantitative estimate of drug-likeness (QED) is 0.535. The summed E-state index contributed by atoms with van der Waals surface area (Å²) < 4.78 is 0. The van der Waals surface area contributed by atoms with Gasteiger partial charge in [-0.3, -0.25) is 4.79 Å². The molecule has 0 aliphatic carbocycles. The third-order valence-corrected chi connectivity index (χ3v) is 3.88. The number of carbonyl (C=O) groups is 1. The number of aldehydes is 1. The minimum Gasteiger partial charge on any atom is -0.298 e. The summed E-state index contributed by atoms with van der Waals surface area (Å²) in [6, 6.07) is 0. The second-order valence-corrected chi connectivity index (χ2v) is 4.39. The van der Waals surface area contributed by atoms with Crippen LogP contribution in [-0.2, 0) is 4.79 Å². The Hall–Kier alpha value is -0.240. The first kappa shape index (κ1) is 6.47. The first-order valence-electron chi connectivity index (χ1n) is 3.71. The molecule has 2 bridgehead atoms. The van der Waals surface area contributed by atoms with Crippen LogP contribution in [0, 0.1) is 0 Å². The van der Waals surface area contributed by atoms with Gasteiger partial charge in [0.1, 0.15) is 6.29 Å². The van der Waals surface area contributed by atoms with E-state index in [1.807, 2.05) is 11.8 Å². The Balaban J connectivity index is 2.21.